The monoisotopic (exact) mass is 494 g/mol. The number of rotatable bonds is 7. The van der Waals surface area contributed by atoms with Gasteiger partial charge in [-0.1, -0.05) is 6.92 Å². The van der Waals surface area contributed by atoms with Gasteiger partial charge in [0, 0.05) is 50.0 Å². The number of carbonyl (C=O) groups is 2. The van der Waals surface area contributed by atoms with Gasteiger partial charge in [-0.15, -0.1) is 0 Å². The topological polar surface area (TPSA) is 78.7 Å². The van der Waals surface area contributed by atoms with Crippen molar-refractivity contribution in [3.05, 3.63) is 24.3 Å². The molecule has 0 spiro atoms. The van der Waals surface area contributed by atoms with Crippen LogP contribution >= 0.6 is 0 Å². The zero-order valence-electron chi connectivity index (χ0n) is 20.4. The molecule has 1 saturated carbocycles. The molecule has 1 aromatic carbocycles. The minimum atomic E-state index is -4.09. The van der Waals surface area contributed by atoms with Crippen molar-refractivity contribution in [1.82, 2.24) is 4.90 Å². The second kappa shape index (κ2) is 10.3. The number of nitrogens with two attached hydrogens (primary N) is 1. The first-order valence-electron chi connectivity index (χ1n) is 12.9. The number of hydrogen-bond acceptors (Lipinski definition) is 4. The Labute approximate surface area is 205 Å². The Morgan fingerprint density at radius 1 is 1.09 bits per heavy atom. The molecule has 9 heteroatoms. The molecule has 2 amide bonds. The van der Waals surface area contributed by atoms with Gasteiger partial charge < -0.3 is 20.9 Å². The smallest absolute Gasteiger partial charge is 0.382 e. The highest BCUT2D eigenvalue weighted by Gasteiger charge is 2.46. The molecular formula is C26H37F3N4O2. The highest BCUT2D eigenvalue weighted by atomic mass is 19.4. The number of amides is 2. The van der Waals surface area contributed by atoms with Gasteiger partial charge in [-0.3, -0.25) is 9.59 Å². The highest BCUT2D eigenvalue weighted by Crippen LogP contribution is 2.37. The first-order chi connectivity index (χ1) is 16.6. The van der Waals surface area contributed by atoms with E-state index in [1.807, 2.05) is 41.0 Å². The van der Waals surface area contributed by atoms with Gasteiger partial charge in [0.25, 0.3) is 0 Å². The Morgan fingerprint density at radius 3 is 2.23 bits per heavy atom. The number of anilines is 2. The molecule has 194 valence electrons. The molecule has 0 radical (unpaired) electrons. The molecule has 35 heavy (non-hydrogen) atoms. The normalized spacial score (nSPS) is 28.4. The van der Waals surface area contributed by atoms with Crippen LogP contribution in [0.3, 0.4) is 0 Å². The molecule has 2 heterocycles. The Hall–Kier alpha value is -2.45. The van der Waals surface area contributed by atoms with E-state index in [-0.39, 0.29) is 31.1 Å². The number of primary amides is 1. The van der Waals surface area contributed by atoms with Crippen LogP contribution < -0.4 is 16.0 Å². The van der Waals surface area contributed by atoms with Gasteiger partial charge in [-0.25, -0.2) is 0 Å². The average Bonchev–Trinajstić information content (AvgIpc) is 3.17. The first kappa shape index (κ1) is 25.6. The fourth-order valence-electron chi connectivity index (χ4n) is 5.92. The lowest BCUT2D eigenvalue weighted by atomic mass is 9.83. The number of hydrogen-bond donors (Lipinski definition) is 2. The largest absolute Gasteiger partial charge is 0.391 e. The first-order valence-corrected chi connectivity index (χ1v) is 12.9. The molecule has 2 aliphatic heterocycles. The lowest BCUT2D eigenvalue weighted by molar-refractivity contribution is -0.179. The van der Waals surface area contributed by atoms with Gasteiger partial charge in [-0.2, -0.15) is 13.2 Å². The highest BCUT2D eigenvalue weighted by molar-refractivity contribution is 5.91. The van der Waals surface area contributed by atoms with Crippen LogP contribution in [0.1, 0.15) is 58.3 Å². The number of alkyl halides is 3. The molecule has 1 aromatic rings. The summed E-state index contributed by atoms with van der Waals surface area (Å²) in [4.78, 5) is 28.3. The summed E-state index contributed by atoms with van der Waals surface area (Å²) in [6.07, 6.45) is 1.08. The molecular weight excluding hydrogens is 457 g/mol. The zero-order chi connectivity index (χ0) is 25.2. The van der Waals surface area contributed by atoms with E-state index in [1.54, 1.807) is 0 Å². The SMILES string of the molecule is CCC1(C(N)=O)CC(=O)N(CC2CCC(Nc3ccc(N4CCC(C(F)(F)F)CC4)cc3)CC2)C1. The molecule has 0 bridgehead atoms. The number of carbonyl (C=O) groups excluding carboxylic acids is 2. The van der Waals surface area contributed by atoms with Crippen molar-refractivity contribution < 1.29 is 22.8 Å². The minimum absolute atomic E-state index is 0.0358. The number of benzene rings is 1. The predicted molar refractivity (Wildman–Crippen MR) is 130 cm³/mol. The summed E-state index contributed by atoms with van der Waals surface area (Å²) < 4.78 is 38.7. The van der Waals surface area contributed by atoms with Gasteiger partial charge in [0.1, 0.15) is 0 Å². The molecule has 1 aliphatic carbocycles. The summed E-state index contributed by atoms with van der Waals surface area (Å²) in [5.41, 5.74) is 6.87. The third-order valence-electron chi connectivity index (χ3n) is 8.42. The van der Waals surface area contributed by atoms with E-state index in [2.05, 4.69) is 5.32 Å². The van der Waals surface area contributed by atoms with Crippen molar-refractivity contribution in [2.45, 2.75) is 70.5 Å². The van der Waals surface area contributed by atoms with Gasteiger partial charge in [0.2, 0.25) is 11.8 Å². The number of nitrogens with zero attached hydrogens (tertiary/aromatic N) is 2. The maximum atomic E-state index is 12.9. The molecule has 3 aliphatic rings. The van der Waals surface area contributed by atoms with Crippen LogP contribution in [0.2, 0.25) is 0 Å². The van der Waals surface area contributed by atoms with Crippen molar-refractivity contribution in [3.8, 4) is 0 Å². The van der Waals surface area contributed by atoms with Gasteiger partial charge >= 0.3 is 6.18 Å². The van der Waals surface area contributed by atoms with Gasteiger partial charge in [0.15, 0.2) is 0 Å². The van der Waals surface area contributed by atoms with E-state index in [1.165, 1.54) is 0 Å². The van der Waals surface area contributed by atoms with Crippen LogP contribution in [0.5, 0.6) is 0 Å². The van der Waals surface area contributed by atoms with Crippen molar-refractivity contribution >= 4 is 23.2 Å². The molecule has 4 rings (SSSR count). The summed E-state index contributed by atoms with van der Waals surface area (Å²) in [5, 5.41) is 3.59. The maximum Gasteiger partial charge on any atom is 0.391 e. The van der Waals surface area contributed by atoms with E-state index in [0.717, 1.165) is 37.1 Å². The van der Waals surface area contributed by atoms with Crippen molar-refractivity contribution in [1.29, 1.82) is 0 Å². The maximum absolute atomic E-state index is 12.9. The Morgan fingerprint density at radius 2 is 1.71 bits per heavy atom. The van der Waals surface area contributed by atoms with Gasteiger partial charge in [0.05, 0.1) is 11.3 Å². The summed E-state index contributed by atoms with van der Waals surface area (Å²) in [5.74, 6) is -1.09. The summed E-state index contributed by atoms with van der Waals surface area (Å²) in [7, 11) is 0. The Balaban J connectivity index is 1.22. The van der Waals surface area contributed by atoms with Crippen LogP contribution in [-0.2, 0) is 9.59 Å². The number of nitrogens with one attached hydrogen (secondary N) is 1. The quantitative estimate of drug-likeness (QED) is 0.583. The molecule has 0 aromatic heterocycles. The fraction of sp³-hybridized carbons (Fsp3) is 0.692. The number of piperidine rings is 1. The van der Waals surface area contributed by atoms with E-state index in [9.17, 15) is 22.8 Å². The number of halogens is 3. The Kier molecular flexibility index (Phi) is 7.52. The third kappa shape index (κ3) is 5.86. The van der Waals surface area contributed by atoms with E-state index < -0.39 is 17.5 Å². The van der Waals surface area contributed by atoms with Crippen LogP contribution in [0.25, 0.3) is 0 Å². The van der Waals surface area contributed by atoms with E-state index >= 15 is 0 Å². The lowest BCUT2D eigenvalue weighted by Crippen LogP contribution is -2.40. The van der Waals surface area contributed by atoms with Crippen LogP contribution in [-0.4, -0.2) is 55.1 Å². The van der Waals surface area contributed by atoms with Crippen molar-refractivity contribution in [2.75, 3.05) is 36.4 Å². The summed E-state index contributed by atoms with van der Waals surface area (Å²) in [6, 6.07) is 8.34. The second-order valence-electron chi connectivity index (χ2n) is 10.7. The molecule has 6 nitrogen and oxygen atoms in total. The molecule has 3 N–H and O–H groups in total. The van der Waals surface area contributed by atoms with Crippen molar-refractivity contribution in [3.63, 3.8) is 0 Å². The molecule has 3 fully saturated rings. The standard InChI is InChI=1S/C26H37F3N4O2/c1-2-25(24(30)35)15-23(34)33(17-25)16-18-3-5-20(6-4-18)31-21-7-9-22(10-8-21)32-13-11-19(12-14-32)26(27,28)29/h7-10,18-20,31H,2-6,11-17H2,1H3,(H2,30,35). The molecule has 1 unspecified atom stereocenters. The van der Waals surface area contributed by atoms with Crippen LogP contribution in [0.4, 0.5) is 24.5 Å². The second-order valence-corrected chi connectivity index (χ2v) is 10.7. The number of likely N-dealkylation sites (tertiary alicyclic amines) is 1. The lowest BCUT2D eigenvalue weighted by Gasteiger charge is -2.34. The summed E-state index contributed by atoms with van der Waals surface area (Å²) in [6.45, 7) is 3.91. The Bertz CT molecular complexity index is 891. The third-order valence-corrected chi connectivity index (χ3v) is 8.42. The van der Waals surface area contributed by atoms with Crippen LogP contribution in [0.15, 0.2) is 24.3 Å². The van der Waals surface area contributed by atoms with E-state index in [0.29, 0.717) is 44.6 Å². The van der Waals surface area contributed by atoms with E-state index in [4.69, 9.17) is 5.73 Å². The molecule has 2 saturated heterocycles. The fourth-order valence-corrected chi connectivity index (χ4v) is 5.92. The zero-order valence-corrected chi connectivity index (χ0v) is 20.4. The van der Waals surface area contributed by atoms with Crippen molar-refractivity contribution in [2.24, 2.45) is 23.0 Å². The summed E-state index contributed by atoms with van der Waals surface area (Å²) >= 11 is 0. The average molecular weight is 495 g/mol. The van der Waals surface area contributed by atoms with Gasteiger partial charge in [-0.05, 0) is 75.1 Å². The predicted octanol–water partition coefficient (Wildman–Crippen LogP) is 4.55. The molecule has 1 atom stereocenters. The van der Waals surface area contributed by atoms with Crippen LogP contribution in [0, 0.1) is 17.3 Å². The minimum Gasteiger partial charge on any atom is -0.382 e.